The Balaban J connectivity index is 1.58. The van der Waals surface area contributed by atoms with Crippen LogP contribution in [-0.2, 0) is 0 Å². The third kappa shape index (κ3) is 3.59. The van der Waals surface area contributed by atoms with Crippen LogP contribution in [0.25, 0.3) is 5.57 Å². The van der Waals surface area contributed by atoms with E-state index >= 15 is 0 Å². The van der Waals surface area contributed by atoms with Gasteiger partial charge in [-0.25, -0.2) is 4.39 Å². The van der Waals surface area contributed by atoms with Gasteiger partial charge in [0.15, 0.2) is 11.5 Å². The molecule has 28 heavy (non-hydrogen) atoms. The zero-order valence-electron chi connectivity index (χ0n) is 15.6. The third-order valence-electron chi connectivity index (χ3n) is 5.23. The predicted molar refractivity (Wildman–Crippen MR) is 107 cm³/mol. The number of nitrogens with zero attached hydrogens (tertiary/aromatic N) is 1. The summed E-state index contributed by atoms with van der Waals surface area (Å²) in [4.78, 5) is 15.0. The number of benzene rings is 2. The normalized spacial score (nSPS) is 18.6. The fourth-order valence-electron chi connectivity index (χ4n) is 3.73. The van der Waals surface area contributed by atoms with E-state index in [1.165, 1.54) is 6.07 Å². The van der Waals surface area contributed by atoms with Crippen LogP contribution >= 0.6 is 11.6 Å². The molecular weight excluding hydrogens is 381 g/mol. The zero-order chi connectivity index (χ0) is 19.7. The molecule has 0 fully saturated rings. The molecule has 1 atom stereocenters. The highest BCUT2D eigenvalue weighted by atomic mass is 35.5. The Labute approximate surface area is 168 Å². The standard InChI is InChI=1S/C22H21ClFNO3/c1-2-17-11-14(18-5-4-16(23)13-19(18)24)7-8-25(17)22(26)15-3-6-20-21(12-15)28-10-9-27-20/h3-7,12-13,17H,2,8-11H2,1H3. The van der Waals surface area contributed by atoms with Gasteiger partial charge in [0.2, 0.25) is 0 Å². The van der Waals surface area contributed by atoms with Gasteiger partial charge in [-0.3, -0.25) is 4.79 Å². The summed E-state index contributed by atoms with van der Waals surface area (Å²) in [6, 6.07) is 9.99. The van der Waals surface area contributed by atoms with Crippen molar-refractivity contribution in [3.05, 3.63) is 64.4 Å². The highest BCUT2D eigenvalue weighted by molar-refractivity contribution is 6.30. The van der Waals surface area contributed by atoms with Crippen LogP contribution < -0.4 is 9.47 Å². The first-order valence-electron chi connectivity index (χ1n) is 9.42. The number of carbonyl (C=O) groups excluding carboxylic acids is 1. The Morgan fingerprint density at radius 2 is 1.96 bits per heavy atom. The molecule has 4 nitrogen and oxygen atoms in total. The number of hydrogen-bond acceptors (Lipinski definition) is 3. The van der Waals surface area contributed by atoms with Gasteiger partial charge in [-0.2, -0.15) is 0 Å². The van der Waals surface area contributed by atoms with Gasteiger partial charge in [0, 0.05) is 28.7 Å². The molecule has 2 aromatic carbocycles. The maximum atomic E-state index is 14.3. The van der Waals surface area contributed by atoms with Gasteiger partial charge in [-0.1, -0.05) is 30.7 Å². The van der Waals surface area contributed by atoms with Crippen LogP contribution in [0.15, 0.2) is 42.5 Å². The molecule has 2 aliphatic heterocycles. The van der Waals surface area contributed by atoms with Gasteiger partial charge in [0.25, 0.3) is 5.91 Å². The minimum absolute atomic E-state index is 0.00391. The highest BCUT2D eigenvalue weighted by Gasteiger charge is 2.29. The van der Waals surface area contributed by atoms with Crippen molar-refractivity contribution in [3.8, 4) is 11.5 Å². The van der Waals surface area contributed by atoms with Crippen LogP contribution in [0, 0.1) is 5.82 Å². The molecule has 0 radical (unpaired) electrons. The predicted octanol–water partition coefficient (Wildman–Crippen LogP) is 4.96. The van der Waals surface area contributed by atoms with Crippen LogP contribution in [0.5, 0.6) is 11.5 Å². The van der Waals surface area contributed by atoms with Gasteiger partial charge in [-0.15, -0.1) is 0 Å². The molecule has 0 aromatic heterocycles. The lowest BCUT2D eigenvalue weighted by Crippen LogP contribution is -2.42. The van der Waals surface area contributed by atoms with E-state index in [0.29, 0.717) is 53.8 Å². The summed E-state index contributed by atoms with van der Waals surface area (Å²) in [6.45, 7) is 3.46. The molecule has 0 saturated heterocycles. The summed E-state index contributed by atoms with van der Waals surface area (Å²) in [5, 5.41) is 0.375. The van der Waals surface area contributed by atoms with Crippen LogP contribution in [0.4, 0.5) is 4.39 Å². The molecule has 2 heterocycles. The van der Waals surface area contributed by atoms with Gasteiger partial charge in [0.05, 0.1) is 0 Å². The molecule has 0 bridgehead atoms. The van der Waals surface area contributed by atoms with E-state index in [1.807, 2.05) is 17.9 Å². The number of ether oxygens (including phenoxy) is 2. The van der Waals surface area contributed by atoms with E-state index in [1.54, 1.807) is 30.3 Å². The van der Waals surface area contributed by atoms with Crippen LogP contribution in [0.2, 0.25) is 5.02 Å². The molecule has 0 saturated carbocycles. The fraction of sp³-hybridized carbons (Fsp3) is 0.318. The highest BCUT2D eigenvalue weighted by Crippen LogP contribution is 2.34. The summed E-state index contributed by atoms with van der Waals surface area (Å²) in [7, 11) is 0. The second kappa shape index (κ2) is 7.84. The average Bonchev–Trinajstić information content (AvgIpc) is 2.72. The lowest BCUT2D eigenvalue weighted by Gasteiger charge is -2.35. The van der Waals surface area contributed by atoms with E-state index in [9.17, 15) is 9.18 Å². The minimum atomic E-state index is -0.333. The first kappa shape index (κ1) is 18.8. The summed E-state index contributed by atoms with van der Waals surface area (Å²) < 4.78 is 25.4. The average molecular weight is 402 g/mol. The van der Waals surface area contributed by atoms with E-state index in [-0.39, 0.29) is 17.8 Å². The molecule has 2 aliphatic rings. The second-order valence-electron chi connectivity index (χ2n) is 6.94. The lowest BCUT2D eigenvalue weighted by atomic mass is 9.92. The van der Waals surface area contributed by atoms with Gasteiger partial charge < -0.3 is 14.4 Å². The Bertz CT molecular complexity index is 943. The summed E-state index contributed by atoms with van der Waals surface area (Å²) in [5.41, 5.74) is 2.03. The fourth-order valence-corrected chi connectivity index (χ4v) is 3.89. The quantitative estimate of drug-likeness (QED) is 0.729. The number of carbonyl (C=O) groups is 1. The number of fused-ring (bicyclic) bond motifs is 1. The smallest absolute Gasteiger partial charge is 0.254 e. The number of halogens is 2. The monoisotopic (exact) mass is 401 g/mol. The van der Waals surface area contributed by atoms with Crippen LogP contribution in [-0.4, -0.2) is 36.6 Å². The number of amides is 1. The number of rotatable bonds is 3. The largest absolute Gasteiger partial charge is 0.486 e. The maximum absolute atomic E-state index is 14.3. The van der Waals surface area contributed by atoms with E-state index in [2.05, 4.69) is 0 Å². The molecule has 0 aliphatic carbocycles. The topological polar surface area (TPSA) is 38.8 Å². The molecule has 0 N–H and O–H groups in total. The first-order chi connectivity index (χ1) is 13.6. The molecule has 4 rings (SSSR count). The van der Waals surface area contributed by atoms with Crippen molar-refractivity contribution < 1.29 is 18.7 Å². The molecule has 6 heteroatoms. The Morgan fingerprint density at radius 3 is 2.71 bits per heavy atom. The van der Waals surface area contributed by atoms with Crippen molar-refractivity contribution in [3.63, 3.8) is 0 Å². The summed E-state index contributed by atoms with van der Waals surface area (Å²) in [6.07, 6.45) is 3.31. The Hall–Kier alpha value is -2.53. The maximum Gasteiger partial charge on any atom is 0.254 e. The molecular formula is C22H21ClFNO3. The minimum Gasteiger partial charge on any atom is -0.486 e. The van der Waals surface area contributed by atoms with Crippen molar-refractivity contribution >= 4 is 23.1 Å². The van der Waals surface area contributed by atoms with Gasteiger partial charge in [0.1, 0.15) is 19.0 Å². The van der Waals surface area contributed by atoms with Crippen LogP contribution in [0.1, 0.15) is 35.7 Å². The SMILES string of the molecule is CCC1CC(c2ccc(Cl)cc2F)=CCN1C(=O)c1ccc2c(c1)OCCO2. The van der Waals surface area contributed by atoms with Crippen molar-refractivity contribution in [2.45, 2.75) is 25.8 Å². The molecule has 1 amide bonds. The van der Waals surface area contributed by atoms with Gasteiger partial charge >= 0.3 is 0 Å². The van der Waals surface area contributed by atoms with Gasteiger partial charge in [-0.05, 0) is 48.7 Å². The van der Waals surface area contributed by atoms with Crippen molar-refractivity contribution in [2.24, 2.45) is 0 Å². The summed E-state index contributed by atoms with van der Waals surface area (Å²) in [5.74, 6) is 0.867. The van der Waals surface area contributed by atoms with E-state index in [4.69, 9.17) is 21.1 Å². The van der Waals surface area contributed by atoms with Crippen molar-refractivity contribution in [2.75, 3.05) is 19.8 Å². The van der Waals surface area contributed by atoms with E-state index < -0.39 is 0 Å². The Kier molecular flexibility index (Phi) is 5.27. The van der Waals surface area contributed by atoms with Crippen molar-refractivity contribution in [1.29, 1.82) is 0 Å². The van der Waals surface area contributed by atoms with Crippen molar-refractivity contribution in [1.82, 2.24) is 4.90 Å². The zero-order valence-corrected chi connectivity index (χ0v) is 16.3. The molecule has 2 aromatic rings. The number of hydrogen-bond donors (Lipinski definition) is 0. The van der Waals surface area contributed by atoms with E-state index in [0.717, 1.165) is 12.0 Å². The first-order valence-corrected chi connectivity index (χ1v) is 9.79. The lowest BCUT2D eigenvalue weighted by molar-refractivity contribution is 0.0692. The molecule has 1 unspecified atom stereocenters. The molecule has 0 spiro atoms. The second-order valence-corrected chi connectivity index (χ2v) is 7.37. The third-order valence-corrected chi connectivity index (χ3v) is 5.46. The Morgan fingerprint density at radius 1 is 1.18 bits per heavy atom. The van der Waals surface area contributed by atoms with Crippen LogP contribution in [0.3, 0.4) is 0 Å². The summed E-state index contributed by atoms with van der Waals surface area (Å²) >= 11 is 5.86. The molecule has 146 valence electrons.